The fraction of sp³-hybridized carbons (Fsp3) is 0.533. The van der Waals surface area contributed by atoms with Crippen molar-refractivity contribution >= 4 is 11.6 Å². The summed E-state index contributed by atoms with van der Waals surface area (Å²) in [7, 11) is 0. The van der Waals surface area contributed by atoms with Crippen LogP contribution in [0.4, 0.5) is 5.69 Å². The van der Waals surface area contributed by atoms with Gasteiger partial charge in [0.1, 0.15) is 0 Å². The Morgan fingerprint density at radius 3 is 1.83 bits per heavy atom. The molecule has 1 atom stereocenters. The number of benzene rings is 1. The fourth-order valence-electron chi connectivity index (χ4n) is 1.93. The van der Waals surface area contributed by atoms with Crippen LogP contribution in [0.1, 0.15) is 57.6 Å². The number of hydrogen-bond acceptors (Lipinski definition) is 2. The average molecular weight is 248 g/mol. The number of amides is 1. The van der Waals surface area contributed by atoms with E-state index in [2.05, 4.69) is 45.1 Å². The lowest BCUT2D eigenvalue weighted by Gasteiger charge is -2.20. The second kappa shape index (κ2) is 6.01. The van der Waals surface area contributed by atoms with Gasteiger partial charge in [0, 0.05) is 5.69 Å². The number of nitrogens with two attached hydrogens (primary N) is 1. The Morgan fingerprint density at radius 2 is 1.50 bits per heavy atom. The van der Waals surface area contributed by atoms with Crippen LogP contribution in [0.3, 0.4) is 0 Å². The lowest BCUT2D eigenvalue weighted by molar-refractivity contribution is -0.117. The maximum absolute atomic E-state index is 11.8. The molecule has 0 aliphatic carbocycles. The molecule has 1 amide bonds. The largest absolute Gasteiger partial charge is 0.324 e. The summed E-state index contributed by atoms with van der Waals surface area (Å²) >= 11 is 0. The summed E-state index contributed by atoms with van der Waals surface area (Å²) in [6, 6.07) is 5.68. The molecular weight excluding hydrogens is 224 g/mol. The smallest absolute Gasteiger partial charge is 0.241 e. The number of carbonyl (C=O) groups excluding carboxylic acids is 1. The van der Waals surface area contributed by atoms with Gasteiger partial charge in [0.15, 0.2) is 0 Å². The predicted octanol–water partition coefficient (Wildman–Crippen LogP) is 3.22. The Balaban J connectivity index is 3.23. The molecule has 0 bridgehead atoms. The topological polar surface area (TPSA) is 55.1 Å². The standard InChI is InChI=1S/C15H24N2O/c1-9(2)12-7-6-8-13(10(3)4)14(12)17-15(18)11(5)16/h6-11H,16H2,1-5H3,(H,17,18)/t11-/m1/s1. The van der Waals surface area contributed by atoms with Crippen molar-refractivity contribution in [2.45, 2.75) is 52.5 Å². The first-order valence-corrected chi connectivity index (χ1v) is 6.53. The Labute approximate surface area is 110 Å². The minimum atomic E-state index is -0.495. The predicted molar refractivity (Wildman–Crippen MR) is 76.9 cm³/mol. The van der Waals surface area contributed by atoms with Crippen LogP contribution >= 0.6 is 0 Å². The van der Waals surface area contributed by atoms with Crippen molar-refractivity contribution in [3.8, 4) is 0 Å². The molecule has 0 fully saturated rings. The number of carbonyl (C=O) groups is 1. The zero-order valence-corrected chi connectivity index (χ0v) is 11.9. The summed E-state index contributed by atoms with van der Waals surface area (Å²) in [6.45, 7) is 10.2. The average Bonchev–Trinajstić information content (AvgIpc) is 2.28. The fourth-order valence-corrected chi connectivity index (χ4v) is 1.93. The van der Waals surface area contributed by atoms with E-state index in [-0.39, 0.29) is 5.91 Å². The first-order chi connectivity index (χ1) is 8.34. The molecule has 0 aliphatic rings. The zero-order valence-electron chi connectivity index (χ0n) is 11.9. The van der Waals surface area contributed by atoms with Crippen LogP contribution in [0.5, 0.6) is 0 Å². The zero-order chi connectivity index (χ0) is 13.9. The number of nitrogens with one attached hydrogen (secondary N) is 1. The number of anilines is 1. The lowest BCUT2D eigenvalue weighted by atomic mass is 9.92. The molecule has 0 heterocycles. The van der Waals surface area contributed by atoms with Crippen LogP contribution in [0, 0.1) is 0 Å². The van der Waals surface area contributed by atoms with E-state index in [1.54, 1.807) is 6.92 Å². The number of rotatable bonds is 4. The highest BCUT2D eigenvalue weighted by Gasteiger charge is 2.17. The van der Waals surface area contributed by atoms with E-state index in [4.69, 9.17) is 5.73 Å². The van der Waals surface area contributed by atoms with Gasteiger partial charge < -0.3 is 11.1 Å². The van der Waals surface area contributed by atoms with Gasteiger partial charge in [0.25, 0.3) is 0 Å². The maximum Gasteiger partial charge on any atom is 0.241 e. The summed E-state index contributed by atoms with van der Waals surface area (Å²) in [6.07, 6.45) is 0. The first kappa shape index (κ1) is 14.7. The van der Waals surface area contributed by atoms with Crippen molar-refractivity contribution in [3.63, 3.8) is 0 Å². The summed E-state index contributed by atoms with van der Waals surface area (Å²) in [5, 5.41) is 2.98. The van der Waals surface area contributed by atoms with E-state index < -0.39 is 6.04 Å². The first-order valence-electron chi connectivity index (χ1n) is 6.53. The molecule has 18 heavy (non-hydrogen) atoms. The van der Waals surface area contributed by atoms with Crippen LogP contribution in [0.25, 0.3) is 0 Å². The highest BCUT2D eigenvalue weighted by Crippen LogP contribution is 2.32. The Hall–Kier alpha value is -1.35. The van der Waals surface area contributed by atoms with Gasteiger partial charge in [-0.25, -0.2) is 0 Å². The van der Waals surface area contributed by atoms with Crippen molar-refractivity contribution < 1.29 is 4.79 Å². The molecule has 0 unspecified atom stereocenters. The molecule has 0 saturated heterocycles. The van der Waals surface area contributed by atoms with E-state index in [0.717, 1.165) is 16.8 Å². The third-order valence-corrected chi connectivity index (χ3v) is 3.03. The van der Waals surface area contributed by atoms with Crippen molar-refractivity contribution in [1.82, 2.24) is 0 Å². The molecular formula is C15H24N2O. The maximum atomic E-state index is 11.8. The number of para-hydroxylation sites is 1. The highest BCUT2D eigenvalue weighted by atomic mass is 16.2. The van der Waals surface area contributed by atoms with Crippen LogP contribution < -0.4 is 11.1 Å². The normalized spacial score (nSPS) is 12.9. The summed E-state index contributed by atoms with van der Waals surface area (Å²) in [4.78, 5) is 11.8. The van der Waals surface area contributed by atoms with Gasteiger partial charge in [0.05, 0.1) is 6.04 Å². The quantitative estimate of drug-likeness (QED) is 0.859. The Morgan fingerprint density at radius 1 is 1.06 bits per heavy atom. The molecule has 1 aromatic rings. The van der Waals surface area contributed by atoms with Gasteiger partial charge in [-0.15, -0.1) is 0 Å². The molecule has 3 heteroatoms. The second-order valence-electron chi connectivity index (χ2n) is 5.40. The van der Waals surface area contributed by atoms with Crippen molar-refractivity contribution in [2.24, 2.45) is 5.73 Å². The lowest BCUT2D eigenvalue weighted by Crippen LogP contribution is -2.33. The van der Waals surface area contributed by atoms with Gasteiger partial charge in [-0.2, -0.15) is 0 Å². The molecule has 100 valence electrons. The Bertz CT molecular complexity index is 396. The third-order valence-electron chi connectivity index (χ3n) is 3.03. The number of hydrogen-bond donors (Lipinski definition) is 2. The third kappa shape index (κ3) is 3.33. The van der Waals surface area contributed by atoms with Gasteiger partial charge in [-0.05, 0) is 29.9 Å². The molecule has 1 rings (SSSR count). The van der Waals surface area contributed by atoms with Crippen LogP contribution in [0.15, 0.2) is 18.2 Å². The van der Waals surface area contributed by atoms with Crippen molar-refractivity contribution in [3.05, 3.63) is 29.3 Å². The molecule has 0 spiro atoms. The minimum absolute atomic E-state index is 0.134. The van der Waals surface area contributed by atoms with E-state index in [1.165, 1.54) is 0 Å². The van der Waals surface area contributed by atoms with Crippen LogP contribution in [-0.4, -0.2) is 11.9 Å². The Kier molecular flexibility index (Phi) is 4.91. The molecule has 0 aliphatic heterocycles. The van der Waals surface area contributed by atoms with Gasteiger partial charge >= 0.3 is 0 Å². The monoisotopic (exact) mass is 248 g/mol. The molecule has 3 N–H and O–H groups in total. The van der Waals surface area contributed by atoms with Gasteiger partial charge in [0.2, 0.25) is 5.91 Å². The summed E-state index contributed by atoms with van der Waals surface area (Å²) in [5.41, 5.74) is 8.88. The van der Waals surface area contributed by atoms with Crippen molar-refractivity contribution in [1.29, 1.82) is 0 Å². The minimum Gasteiger partial charge on any atom is -0.324 e. The molecule has 0 aromatic heterocycles. The van der Waals surface area contributed by atoms with E-state index >= 15 is 0 Å². The SMILES string of the molecule is CC(C)c1cccc(C(C)C)c1NC(=O)[C@@H](C)N. The molecule has 3 nitrogen and oxygen atoms in total. The highest BCUT2D eigenvalue weighted by molar-refractivity contribution is 5.96. The van der Waals surface area contributed by atoms with Gasteiger partial charge in [-0.1, -0.05) is 45.9 Å². The summed E-state index contributed by atoms with van der Waals surface area (Å²) < 4.78 is 0. The molecule has 0 radical (unpaired) electrons. The van der Waals surface area contributed by atoms with E-state index in [1.807, 2.05) is 6.07 Å². The van der Waals surface area contributed by atoms with Gasteiger partial charge in [-0.3, -0.25) is 4.79 Å². The molecule has 1 aromatic carbocycles. The second-order valence-corrected chi connectivity index (χ2v) is 5.40. The van der Waals surface area contributed by atoms with Crippen LogP contribution in [-0.2, 0) is 4.79 Å². The summed E-state index contributed by atoms with van der Waals surface area (Å²) in [5.74, 6) is 0.601. The van der Waals surface area contributed by atoms with E-state index in [9.17, 15) is 4.79 Å². The molecule has 0 saturated carbocycles. The van der Waals surface area contributed by atoms with Crippen molar-refractivity contribution in [2.75, 3.05) is 5.32 Å². The van der Waals surface area contributed by atoms with E-state index in [0.29, 0.717) is 11.8 Å². The van der Waals surface area contributed by atoms with Crippen LogP contribution in [0.2, 0.25) is 0 Å².